The average Bonchev–Trinajstić information content (AvgIpc) is 2.38. The summed E-state index contributed by atoms with van der Waals surface area (Å²) in [6.45, 7) is 4.76. The monoisotopic (exact) mass is 250 g/mol. The molecule has 0 aliphatic carbocycles. The number of fused-ring (bicyclic) bond motifs is 1. The number of piperazine rings is 1. The molecule has 1 fully saturated rings. The number of nitrogens with zero attached hydrogens (tertiary/aromatic N) is 1. The zero-order valence-corrected chi connectivity index (χ0v) is 10.4. The third kappa shape index (κ3) is 2.11. The Kier molecular flexibility index (Phi) is 3.01. The molecule has 98 valence electrons. The van der Waals surface area contributed by atoms with Crippen molar-refractivity contribution in [3.8, 4) is 11.5 Å². The highest BCUT2D eigenvalue weighted by molar-refractivity contribution is 5.65. The quantitative estimate of drug-likeness (QED) is 0.763. The van der Waals surface area contributed by atoms with Crippen LogP contribution in [0.25, 0.3) is 0 Å². The second-order valence-electron chi connectivity index (χ2n) is 4.76. The minimum atomic E-state index is -0.489. The Balaban J connectivity index is 1.92. The van der Waals surface area contributed by atoms with Crippen molar-refractivity contribution in [2.24, 2.45) is 0 Å². The highest BCUT2D eigenvalue weighted by Crippen LogP contribution is 2.40. The summed E-state index contributed by atoms with van der Waals surface area (Å²) in [6, 6.07) is 5.89. The Labute approximate surface area is 106 Å². The molecule has 5 heteroatoms. The molecule has 18 heavy (non-hydrogen) atoms. The first-order chi connectivity index (χ1) is 8.74. The zero-order valence-electron chi connectivity index (χ0n) is 10.4. The van der Waals surface area contributed by atoms with Crippen molar-refractivity contribution in [3.05, 3.63) is 18.2 Å². The zero-order chi connectivity index (χ0) is 12.5. The Bertz CT molecular complexity index is 438. The van der Waals surface area contributed by atoms with Crippen molar-refractivity contribution in [1.29, 1.82) is 0 Å². The van der Waals surface area contributed by atoms with E-state index in [2.05, 4.69) is 10.2 Å². The van der Waals surface area contributed by atoms with Crippen molar-refractivity contribution in [1.82, 2.24) is 5.32 Å². The van der Waals surface area contributed by atoms with Gasteiger partial charge in [0, 0.05) is 13.1 Å². The van der Waals surface area contributed by atoms with Gasteiger partial charge in [0.1, 0.15) is 18.9 Å². The summed E-state index contributed by atoms with van der Waals surface area (Å²) in [7, 11) is 0. The number of para-hydroxylation sites is 1. The van der Waals surface area contributed by atoms with Crippen molar-refractivity contribution in [2.45, 2.75) is 19.3 Å². The number of aliphatic hydroxyl groups excluding tert-OH is 1. The first kappa shape index (κ1) is 11.6. The lowest BCUT2D eigenvalue weighted by molar-refractivity contribution is 0.103. The molecule has 1 aromatic carbocycles. The van der Waals surface area contributed by atoms with Gasteiger partial charge in [-0.25, -0.2) is 0 Å². The van der Waals surface area contributed by atoms with Gasteiger partial charge in [-0.05, 0) is 19.1 Å². The molecule has 0 radical (unpaired) electrons. The van der Waals surface area contributed by atoms with Crippen LogP contribution in [-0.4, -0.2) is 43.7 Å². The van der Waals surface area contributed by atoms with Crippen molar-refractivity contribution in [2.75, 3.05) is 31.1 Å². The van der Waals surface area contributed by atoms with E-state index in [9.17, 15) is 5.11 Å². The van der Waals surface area contributed by atoms with Gasteiger partial charge >= 0.3 is 0 Å². The second-order valence-corrected chi connectivity index (χ2v) is 4.76. The molecule has 3 rings (SSSR count). The second kappa shape index (κ2) is 4.66. The van der Waals surface area contributed by atoms with Crippen LogP contribution in [0.3, 0.4) is 0 Å². The first-order valence-corrected chi connectivity index (χ1v) is 6.33. The fraction of sp³-hybridized carbons (Fsp3) is 0.538. The predicted octanol–water partition coefficient (Wildman–Crippen LogP) is 0.574. The van der Waals surface area contributed by atoms with Gasteiger partial charge in [0.05, 0.1) is 12.2 Å². The minimum Gasteiger partial charge on any atom is -0.486 e. The molecule has 2 aliphatic rings. The number of rotatable bonds is 1. The van der Waals surface area contributed by atoms with Gasteiger partial charge in [-0.1, -0.05) is 6.07 Å². The van der Waals surface area contributed by atoms with Crippen LogP contribution in [-0.2, 0) is 0 Å². The maximum atomic E-state index is 9.67. The number of ether oxygens (including phenoxy) is 2. The summed E-state index contributed by atoms with van der Waals surface area (Å²) in [4.78, 5) is 2.13. The largest absolute Gasteiger partial charge is 0.486 e. The van der Waals surface area contributed by atoms with E-state index in [-0.39, 0.29) is 6.10 Å². The molecule has 1 saturated heterocycles. The molecule has 5 nitrogen and oxygen atoms in total. The molecule has 2 N–H and O–H groups in total. The summed E-state index contributed by atoms with van der Waals surface area (Å²) in [6.07, 6.45) is -0.428. The average molecular weight is 250 g/mol. The van der Waals surface area contributed by atoms with Crippen LogP contribution in [0, 0.1) is 0 Å². The number of benzene rings is 1. The van der Waals surface area contributed by atoms with Crippen molar-refractivity contribution < 1.29 is 14.6 Å². The van der Waals surface area contributed by atoms with Crippen LogP contribution in [0.1, 0.15) is 6.92 Å². The Morgan fingerprint density at radius 1 is 1.44 bits per heavy atom. The van der Waals surface area contributed by atoms with Crippen LogP contribution in [0.4, 0.5) is 5.69 Å². The maximum absolute atomic E-state index is 9.67. The molecular weight excluding hydrogens is 232 g/mol. The number of nitrogens with one attached hydrogen (secondary N) is 1. The standard InChI is InChI=1S/C13H18N2O3/c1-9-8-17-11-4-2-3-10(13(11)18-9)15-6-5-14-12(16)7-15/h2-4,9,12,14,16H,5-8H2,1H3. The topological polar surface area (TPSA) is 54.0 Å². The van der Waals surface area contributed by atoms with E-state index in [0.29, 0.717) is 13.2 Å². The predicted molar refractivity (Wildman–Crippen MR) is 68.2 cm³/mol. The molecule has 0 spiro atoms. The van der Waals surface area contributed by atoms with E-state index in [4.69, 9.17) is 9.47 Å². The third-order valence-electron chi connectivity index (χ3n) is 3.25. The van der Waals surface area contributed by atoms with Gasteiger partial charge in [-0.15, -0.1) is 0 Å². The van der Waals surface area contributed by atoms with E-state index in [1.807, 2.05) is 25.1 Å². The number of β-amino-alcohol motifs (C(OH)–C–C–N with tert-alkyl or cyclic N) is 1. The van der Waals surface area contributed by atoms with Crippen LogP contribution >= 0.6 is 0 Å². The lowest BCUT2D eigenvalue weighted by Gasteiger charge is -2.35. The summed E-state index contributed by atoms with van der Waals surface area (Å²) in [5, 5.41) is 12.7. The third-order valence-corrected chi connectivity index (χ3v) is 3.25. The first-order valence-electron chi connectivity index (χ1n) is 6.33. The highest BCUT2D eigenvalue weighted by atomic mass is 16.6. The summed E-state index contributed by atoms with van der Waals surface area (Å²) >= 11 is 0. The number of hydrogen-bond acceptors (Lipinski definition) is 5. The van der Waals surface area contributed by atoms with Crippen LogP contribution in [0.2, 0.25) is 0 Å². The maximum Gasteiger partial charge on any atom is 0.185 e. The van der Waals surface area contributed by atoms with Crippen LogP contribution in [0.5, 0.6) is 11.5 Å². The van der Waals surface area contributed by atoms with E-state index in [1.165, 1.54) is 0 Å². The molecular formula is C13H18N2O3. The van der Waals surface area contributed by atoms with Gasteiger partial charge in [-0.3, -0.25) is 5.32 Å². The van der Waals surface area contributed by atoms with Crippen molar-refractivity contribution in [3.63, 3.8) is 0 Å². The normalized spacial score (nSPS) is 27.1. The minimum absolute atomic E-state index is 0.0616. The van der Waals surface area contributed by atoms with E-state index >= 15 is 0 Å². The fourth-order valence-electron chi connectivity index (χ4n) is 2.38. The van der Waals surface area contributed by atoms with E-state index in [0.717, 1.165) is 30.3 Å². The highest BCUT2D eigenvalue weighted by Gasteiger charge is 2.25. The van der Waals surface area contributed by atoms with E-state index < -0.39 is 6.23 Å². The van der Waals surface area contributed by atoms with Crippen LogP contribution < -0.4 is 19.7 Å². The molecule has 0 amide bonds. The summed E-state index contributed by atoms with van der Waals surface area (Å²) in [5.41, 5.74) is 1.000. The summed E-state index contributed by atoms with van der Waals surface area (Å²) in [5.74, 6) is 1.59. The van der Waals surface area contributed by atoms with Gasteiger partial charge in [0.15, 0.2) is 11.5 Å². The van der Waals surface area contributed by atoms with Gasteiger partial charge in [-0.2, -0.15) is 0 Å². The molecule has 2 unspecified atom stereocenters. The smallest absolute Gasteiger partial charge is 0.185 e. The molecule has 0 saturated carbocycles. The molecule has 2 aliphatic heterocycles. The molecule has 2 atom stereocenters. The molecule has 0 bridgehead atoms. The summed E-state index contributed by atoms with van der Waals surface area (Å²) < 4.78 is 11.5. The van der Waals surface area contributed by atoms with Gasteiger partial charge < -0.3 is 19.5 Å². The van der Waals surface area contributed by atoms with Gasteiger partial charge in [0.2, 0.25) is 0 Å². The molecule has 0 aromatic heterocycles. The molecule has 2 heterocycles. The fourth-order valence-corrected chi connectivity index (χ4v) is 2.38. The van der Waals surface area contributed by atoms with Crippen molar-refractivity contribution >= 4 is 5.69 Å². The van der Waals surface area contributed by atoms with E-state index in [1.54, 1.807) is 0 Å². The lowest BCUT2D eigenvalue weighted by Crippen LogP contribution is -2.50. The lowest BCUT2D eigenvalue weighted by atomic mass is 10.2. The van der Waals surface area contributed by atoms with Gasteiger partial charge in [0.25, 0.3) is 0 Å². The Morgan fingerprint density at radius 2 is 2.33 bits per heavy atom. The van der Waals surface area contributed by atoms with Crippen LogP contribution in [0.15, 0.2) is 18.2 Å². The SMILES string of the molecule is CC1COc2cccc(N3CCNC(O)C3)c2O1. The Hall–Kier alpha value is -1.46. The number of aliphatic hydroxyl groups is 1. The number of anilines is 1. The Morgan fingerprint density at radius 3 is 3.17 bits per heavy atom. The number of hydrogen-bond donors (Lipinski definition) is 2. The molecule has 1 aromatic rings.